The number of phenols is 1. The number of halogens is 2. The molecule has 1 unspecified atom stereocenters. The Balaban J connectivity index is 2.27. The normalized spacial score (nSPS) is 12.0. The summed E-state index contributed by atoms with van der Waals surface area (Å²) in [5.74, 6) is -0.499. The number of benzene rings is 2. The summed E-state index contributed by atoms with van der Waals surface area (Å²) in [5, 5.41) is 23.6. The first-order valence-corrected chi connectivity index (χ1v) is 6.86. The van der Waals surface area contributed by atoms with Crippen LogP contribution in [0.15, 0.2) is 40.9 Å². The van der Waals surface area contributed by atoms with E-state index in [0.29, 0.717) is 15.7 Å². The van der Waals surface area contributed by atoms with Crippen LogP contribution < -0.4 is 5.32 Å². The molecule has 0 aliphatic carbocycles. The lowest BCUT2D eigenvalue weighted by molar-refractivity contribution is -0.385. The summed E-state index contributed by atoms with van der Waals surface area (Å²) >= 11 is 3.10. The van der Waals surface area contributed by atoms with Gasteiger partial charge < -0.3 is 10.4 Å². The second kappa shape index (κ2) is 6.09. The van der Waals surface area contributed by atoms with Crippen LogP contribution >= 0.6 is 15.9 Å². The van der Waals surface area contributed by atoms with Gasteiger partial charge in [-0.25, -0.2) is 4.39 Å². The van der Waals surface area contributed by atoms with Crippen LogP contribution in [0.2, 0.25) is 0 Å². The fourth-order valence-electron chi connectivity index (χ4n) is 1.94. The van der Waals surface area contributed by atoms with E-state index < -0.39 is 16.8 Å². The first kappa shape index (κ1) is 15.2. The average Bonchev–Trinajstić information content (AvgIpc) is 2.43. The van der Waals surface area contributed by atoms with E-state index in [1.807, 2.05) is 0 Å². The van der Waals surface area contributed by atoms with Crippen LogP contribution in [0.1, 0.15) is 18.5 Å². The van der Waals surface area contributed by atoms with Crippen molar-refractivity contribution in [1.29, 1.82) is 0 Å². The van der Waals surface area contributed by atoms with Crippen LogP contribution in [-0.2, 0) is 0 Å². The van der Waals surface area contributed by atoms with Crippen molar-refractivity contribution in [3.8, 4) is 5.75 Å². The molecule has 1 atom stereocenters. The third-order valence-corrected chi connectivity index (χ3v) is 3.65. The molecule has 110 valence electrons. The number of hydrogen-bond donors (Lipinski definition) is 2. The van der Waals surface area contributed by atoms with E-state index in [1.54, 1.807) is 19.1 Å². The van der Waals surface area contributed by atoms with Crippen molar-refractivity contribution in [2.24, 2.45) is 0 Å². The van der Waals surface area contributed by atoms with Crippen molar-refractivity contribution in [3.05, 3.63) is 62.4 Å². The van der Waals surface area contributed by atoms with Crippen molar-refractivity contribution >= 4 is 27.3 Å². The molecule has 0 aliphatic heterocycles. The van der Waals surface area contributed by atoms with Gasteiger partial charge in [0.1, 0.15) is 11.6 Å². The molecule has 0 heterocycles. The molecule has 0 spiro atoms. The zero-order valence-corrected chi connectivity index (χ0v) is 12.6. The highest BCUT2D eigenvalue weighted by molar-refractivity contribution is 9.10. The molecule has 0 saturated heterocycles. The van der Waals surface area contributed by atoms with Crippen LogP contribution in [-0.4, -0.2) is 10.0 Å². The van der Waals surface area contributed by atoms with Gasteiger partial charge in [-0.05, 0) is 53.2 Å². The first-order chi connectivity index (χ1) is 9.88. The van der Waals surface area contributed by atoms with Gasteiger partial charge in [-0.15, -0.1) is 0 Å². The average molecular weight is 355 g/mol. The highest BCUT2D eigenvalue weighted by atomic mass is 79.9. The van der Waals surface area contributed by atoms with E-state index in [9.17, 15) is 19.6 Å². The molecule has 2 N–H and O–H groups in total. The second-order valence-electron chi connectivity index (χ2n) is 4.49. The van der Waals surface area contributed by atoms with Gasteiger partial charge in [-0.2, -0.15) is 0 Å². The van der Waals surface area contributed by atoms with Gasteiger partial charge in [0.25, 0.3) is 5.69 Å². The summed E-state index contributed by atoms with van der Waals surface area (Å²) in [5.41, 5.74) is 0.803. The third kappa shape index (κ3) is 3.49. The smallest absolute Gasteiger partial charge is 0.285 e. The number of phenolic OH excluding ortho intramolecular Hbond substituents is 1. The monoisotopic (exact) mass is 354 g/mol. The number of nitro groups is 1. The zero-order valence-electron chi connectivity index (χ0n) is 11.0. The van der Waals surface area contributed by atoms with Gasteiger partial charge in [0.2, 0.25) is 0 Å². The highest BCUT2D eigenvalue weighted by Crippen LogP contribution is 2.31. The van der Waals surface area contributed by atoms with Gasteiger partial charge in [-0.3, -0.25) is 10.1 Å². The van der Waals surface area contributed by atoms with Gasteiger partial charge in [0, 0.05) is 17.3 Å². The van der Waals surface area contributed by atoms with Crippen molar-refractivity contribution in [1.82, 2.24) is 0 Å². The van der Waals surface area contributed by atoms with Crippen LogP contribution in [0.3, 0.4) is 0 Å². The molecule has 2 aromatic carbocycles. The molecule has 0 fully saturated rings. The molecule has 0 bridgehead atoms. The fourth-order valence-corrected chi connectivity index (χ4v) is 2.33. The summed E-state index contributed by atoms with van der Waals surface area (Å²) in [7, 11) is 0. The summed E-state index contributed by atoms with van der Waals surface area (Å²) in [6, 6.07) is 7.82. The molecule has 0 aromatic heterocycles. The molecular formula is C14H12BrFN2O3. The molecule has 0 radical (unpaired) electrons. The minimum atomic E-state index is -0.500. The Hall–Kier alpha value is -2.15. The number of aromatic hydroxyl groups is 1. The van der Waals surface area contributed by atoms with Gasteiger partial charge in [0.15, 0.2) is 0 Å². The summed E-state index contributed by atoms with van der Waals surface area (Å²) in [4.78, 5) is 10.4. The molecule has 0 saturated carbocycles. The maximum absolute atomic E-state index is 13.2. The lowest BCUT2D eigenvalue weighted by atomic mass is 10.1. The Morgan fingerprint density at radius 1 is 1.33 bits per heavy atom. The molecule has 0 amide bonds. The van der Waals surface area contributed by atoms with E-state index in [2.05, 4.69) is 21.2 Å². The Morgan fingerprint density at radius 3 is 2.71 bits per heavy atom. The van der Waals surface area contributed by atoms with E-state index in [1.165, 1.54) is 18.2 Å². The second-order valence-corrected chi connectivity index (χ2v) is 5.35. The van der Waals surface area contributed by atoms with E-state index >= 15 is 0 Å². The van der Waals surface area contributed by atoms with Crippen molar-refractivity contribution in [2.75, 3.05) is 5.32 Å². The Bertz CT molecular complexity index is 694. The molecular weight excluding hydrogens is 343 g/mol. The predicted molar refractivity (Wildman–Crippen MR) is 80.9 cm³/mol. The fraction of sp³-hybridized carbons (Fsp3) is 0.143. The van der Waals surface area contributed by atoms with E-state index in [4.69, 9.17) is 0 Å². The van der Waals surface area contributed by atoms with Crippen molar-refractivity contribution in [2.45, 2.75) is 13.0 Å². The topological polar surface area (TPSA) is 75.4 Å². The minimum Gasteiger partial charge on any atom is -0.508 e. The van der Waals surface area contributed by atoms with Crippen LogP contribution in [0.4, 0.5) is 15.8 Å². The zero-order chi connectivity index (χ0) is 15.6. The van der Waals surface area contributed by atoms with E-state index in [0.717, 1.165) is 6.07 Å². The Morgan fingerprint density at radius 2 is 2.05 bits per heavy atom. The van der Waals surface area contributed by atoms with Crippen LogP contribution in [0.25, 0.3) is 0 Å². The Labute approximate surface area is 128 Å². The van der Waals surface area contributed by atoms with Gasteiger partial charge in [-0.1, -0.05) is 0 Å². The Kier molecular flexibility index (Phi) is 4.42. The molecule has 2 rings (SSSR count). The molecule has 7 heteroatoms. The summed E-state index contributed by atoms with van der Waals surface area (Å²) in [6.07, 6.45) is 0. The quantitative estimate of drug-likeness (QED) is 0.631. The number of rotatable bonds is 4. The number of anilines is 1. The largest absolute Gasteiger partial charge is 0.508 e. The summed E-state index contributed by atoms with van der Waals surface area (Å²) in [6.45, 7) is 1.72. The molecule has 2 aromatic rings. The number of hydrogen-bond acceptors (Lipinski definition) is 4. The molecule has 0 aliphatic rings. The number of nitrogens with one attached hydrogen (secondary N) is 1. The standard InChI is InChI=1S/C14H12BrFN2O3/c1-8(11-6-9(16)2-5-14(11)19)17-10-3-4-12(15)13(7-10)18(20)21/h2-8,17,19H,1H3. The number of nitro benzene ring substituents is 1. The first-order valence-electron chi connectivity index (χ1n) is 6.07. The van der Waals surface area contributed by atoms with Crippen molar-refractivity contribution < 1.29 is 14.4 Å². The lowest BCUT2D eigenvalue weighted by Crippen LogP contribution is -2.07. The number of nitrogens with zero attached hydrogens (tertiary/aromatic N) is 1. The van der Waals surface area contributed by atoms with Gasteiger partial charge in [0.05, 0.1) is 15.4 Å². The minimum absolute atomic E-state index is 0.0389. The maximum Gasteiger partial charge on any atom is 0.285 e. The molecule has 21 heavy (non-hydrogen) atoms. The SMILES string of the molecule is CC(Nc1ccc(Br)c([N+](=O)[O-])c1)c1cc(F)ccc1O. The summed E-state index contributed by atoms with van der Waals surface area (Å²) < 4.78 is 13.6. The third-order valence-electron chi connectivity index (χ3n) is 2.98. The van der Waals surface area contributed by atoms with E-state index in [-0.39, 0.29) is 11.4 Å². The van der Waals surface area contributed by atoms with Crippen molar-refractivity contribution in [3.63, 3.8) is 0 Å². The highest BCUT2D eigenvalue weighted by Gasteiger charge is 2.15. The lowest BCUT2D eigenvalue weighted by Gasteiger charge is -2.17. The predicted octanol–water partition coefficient (Wildman–Crippen LogP) is 4.38. The van der Waals surface area contributed by atoms with Gasteiger partial charge >= 0.3 is 0 Å². The van der Waals surface area contributed by atoms with Crippen LogP contribution in [0, 0.1) is 15.9 Å². The molecule has 5 nitrogen and oxygen atoms in total. The maximum atomic E-state index is 13.2. The van der Waals surface area contributed by atoms with Crippen LogP contribution in [0.5, 0.6) is 5.75 Å².